The van der Waals surface area contributed by atoms with Gasteiger partial charge in [0.1, 0.15) is 0 Å². The molecule has 0 amide bonds. The lowest BCUT2D eigenvalue weighted by Gasteiger charge is -2.06. The van der Waals surface area contributed by atoms with E-state index in [1.165, 1.54) is 24.9 Å². The first-order valence-electron chi connectivity index (χ1n) is 5.08. The monoisotopic (exact) mass is 236 g/mol. The lowest BCUT2D eigenvalue weighted by Crippen LogP contribution is -2.37. The van der Waals surface area contributed by atoms with Gasteiger partial charge in [0.05, 0.1) is 11.9 Å². The van der Waals surface area contributed by atoms with E-state index in [-0.39, 0.29) is 17.8 Å². The fraction of sp³-hybridized carbons (Fsp3) is 0.400. The van der Waals surface area contributed by atoms with Gasteiger partial charge < -0.3 is 5.11 Å². The quantitative estimate of drug-likeness (QED) is 0.689. The van der Waals surface area contributed by atoms with Crippen LogP contribution in [0.25, 0.3) is 11.2 Å². The SMILES string of the molecule is Cn1c(=O)c2nc(CCO)cnc2n(C)c1=O. The number of rotatable bonds is 2. The number of aliphatic hydroxyl groups excluding tert-OH is 1. The molecule has 1 N–H and O–H groups in total. The van der Waals surface area contributed by atoms with Crippen LogP contribution in [0.4, 0.5) is 0 Å². The molecule has 17 heavy (non-hydrogen) atoms. The Morgan fingerprint density at radius 2 is 2.00 bits per heavy atom. The van der Waals surface area contributed by atoms with E-state index in [1.54, 1.807) is 0 Å². The third-order valence-corrected chi connectivity index (χ3v) is 2.57. The third kappa shape index (κ3) is 1.74. The Labute approximate surface area is 96.0 Å². The van der Waals surface area contributed by atoms with Gasteiger partial charge in [0.25, 0.3) is 5.56 Å². The van der Waals surface area contributed by atoms with Crippen LogP contribution in [-0.4, -0.2) is 30.8 Å². The molecular weight excluding hydrogens is 224 g/mol. The summed E-state index contributed by atoms with van der Waals surface area (Å²) in [5.74, 6) is 0. The summed E-state index contributed by atoms with van der Waals surface area (Å²) in [7, 11) is 2.93. The molecule has 0 unspecified atom stereocenters. The van der Waals surface area contributed by atoms with Gasteiger partial charge in [0, 0.05) is 27.1 Å². The molecule has 2 rings (SSSR count). The van der Waals surface area contributed by atoms with E-state index in [9.17, 15) is 9.59 Å². The Kier molecular flexibility index (Phi) is 2.76. The summed E-state index contributed by atoms with van der Waals surface area (Å²) >= 11 is 0. The highest BCUT2D eigenvalue weighted by atomic mass is 16.3. The summed E-state index contributed by atoms with van der Waals surface area (Å²) in [6, 6.07) is 0. The van der Waals surface area contributed by atoms with E-state index >= 15 is 0 Å². The standard InChI is InChI=1S/C10H12N4O3/c1-13-8-7(9(16)14(2)10(13)17)12-6(3-4-15)5-11-8/h5,15H,3-4H2,1-2H3. The van der Waals surface area contributed by atoms with Crippen molar-refractivity contribution in [1.29, 1.82) is 0 Å². The topological polar surface area (TPSA) is 90.0 Å². The fourth-order valence-corrected chi connectivity index (χ4v) is 1.60. The van der Waals surface area contributed by atoms with Crippen LogP contribution in [0, 0.1) is 0 Å². The zero-order valence-corrected chi connectivity index (χ0v) is 9.54. The molecule has 0 saturated heterocycles. The lowest BCUT2D eigenvalue weighted by atomic mass is 10.3. The van der Waals surface area contributed by atoms with E-state index in [1.807, 2.05) is 0 Å². The molecule has 0 spiro atoms. The van der Waals surface area contributed by atoms with Crippen LogP contribution in [-0.2, 0) is 20.5 Å². The van der Waals surface area contributed by atoms with Crippen molar-refractivity contribution in [2.24, 2.45) is 14.1 Å². The first-order valence-corrected chi connectivity index (χ1v) is 5.08. The molecule has 0 aliphatic heterocycles. The molecular formula is C10H12N4O3. The molecule has 2 aromatic heterocycles. The van der Waals surface area contributed by atoms with E-state index in [0.29, 0.717) is 12.1 Å². The van der Waals surface area contributed by atoms with Gasteiger partial charge in [-0.25, -0.2) is 14.8 Å². The average molecular weight is 236 g/mol. The number of nitrogens with zero attached hydrogens (tertiary/aromatic N) is 4. The second-order valence-corrected chi connectivity index (χ2v) is 3.71. The molecule has 0 aliphatic carbocycles. The van der Waals surface area contributed by atoms with Crippen molar-refractivity contribution in [1.82, 2.24) is 19.1 Å². The number of hydrogen-bond acceptors (Lipinski definition) is 5. The third-order valence-electron chi connectivity index (χ3n) is 2.57. The molecule has 2 heterocycles. The van der Waals surface area contributed by atoms with Gasteiger partial charge in [-0.05, 0) is 0 Å². The Morgan fingerprint density at radius 1 is 1.29 bits per heavy atom. The molecule has 7 nitrogen and oxygen atoms in total. The molecule has 0 aromatic carbocycles. The van der Waals surface area contributed by atoms with Gasteiger partial charge in [-0.3, -0.25) is 13.9 Å². The molecule has 0 saturated carbocycles. The summed E-state index contributed by atoms with van der Waals surface area (Å²) in [6.45, 7) is -0.0632. The van der Waals surface area contributed by atoms with Crippen molar-refractivity contribution < 1.29 is 5.11 Å². The fourth-order valence-electron chi connectivity index (χ4n) is 1.60. The zero-order valence-electron chi connectivity index (χ0n) is 9.54. The highest BCUT2D eigenvalue weighted by Gasteiger charge is 2.11. The van der Waals surface area contributed by atoms with Gasteiger partial charge >= 0.3 is 5.69 Å². The minimum Gasteiger partial charge on any atom is -0.396 e. The average Bonchev–Trinajstić information content (AvgIpc) is 2.34. The smallest absolute Gasteiger partial charge is 0.332 e. The predicted octanol–water partition coefficient (Wildman–Crippen LogP) is -1.44. The molecule has 0 radical (unpaired) electrons. The van der Waals surface area contributed by atoms with Gasteiger partial charge in [-0.2, -0.15) is 0 Å². The van der Waals surface area contributed by atoms with Crippen molar-refractivity contribution in [3.05, 3.63) is 32.7 Å². The Hall–Kier alpha value is -2.02. The zero-order chi connectivity index (χ0) is 12.6. The minimum absolute atomic E-state index is 0.0632. The van der Waals surface area contributed by atoms with Gasteiger partial charge in [-0.15, -0.1) is 0 Å². The van der Waals surface area contributed by atoms with Crippen LogP contribution in [0.2, 0.25) is 0 Å². The van der Waals surface area contributed by atoms with Crippen molar-refractivity contribution in [3.8, 4) is 0 Å². The summed E-state index contributed by atoms with van der Waals surface area (Å²) in [4.78, 5) is 31.6. The Morgan fingerprint density at radius 3 is 2.65 bits per heavy atom. The molecule has 0 fully saturated rings. The van der Waals surface area contributed by atoms with Crippen molar-refractivity contribution in [2.45, 2.75) is 6.42 Å². The van der Waals surface area contributed by atoms with Crippen LogP contribution in [0.5, 0.6) is 0 Å². The number of aryl methyl sites for hydroxylation is 1. The molecule has 0 bridgehead atoms. The molecule has 2 aromatic rings. The number of aromatic nitrogens is 4. The molecule has 7 heteroatoms. The number of aliphatic hydroxyl groups is 1. The van der Waals surface area contributed by atoms with Crippen molar-refractivity contribution >= 4 is 11.2 Å². The molecule has 90 valence electrons. The lowest BCUT2D eigenvalue weighted by molar-refractivity contribution is 0.298. The van der Waals surface area contributed by atoms with Crippen LogP contribution in [0.15, 0.2) is 15.8 Å². The first kappa shape index (κ1) is 11.5. The largest absolute Gasteiger partial charge is 0.396 e. The Bertz CT molecular complexity index is 686. The normalized spacial score (nSPS) is 11.0. The highest BCUT2D eigenvalue weighted by Crippen LogP contribution is 2.02. The first-order chi connectivity index (χ1) is 8.06. The molecule has 0 atom stereocenters. The maximum absolute atomic E-state index is 11.8. The van der Waals surface area contributed by atoms with Crippen molar-refractivity contribution in [2.75, 3.05) is 6.61 Å². The maximum atomic E-state index is 11.8. The molecule has 0 aliphatic rings. The second-order valence-electron chi connectivity index (χ2n) is 3.71. The van der Waals surface area contributed by atoms with Crippen LogP contribution in [0.3, 0.4) is 0 Å². The predicted molar refractivity (Wildman–Crippen MR) is 60.8 cm³/mol. The summed E-state index contributed by atoms with van der Waals surface area (Å²) in [5, 5.41) is 8.81. The summed E-state index contributed by atoms with van der Waals surface area (Å²) in [6.07, 6.45) is 1.78. The number of fused-ring (bicyclic) bond motifs is 1. The van der Waals surface area contributed by atoms with Crippen molar-refractivity contribution in [3.63, 3.8) is 0 Å². The Balaban J connectivity index is 2.87. The summed E-state index contributed by atoms with van der Waals surface area (Å²) < 4.78 is 2.26. The van der Waals surface area contributed by atoms with E-state index < -0.39 is 11.2 Å². The van der Waals surface area contributed by atoms with Crippen LogP contribution >= 0.6 is 0 Å². The van der Waals surface area contributed by atoms with Gasteiger partial charge in [0.15, 0.2) is 11.2 Å². The second kappa shape index (κ2) is 4.10. The minimum atomic E-state index is -0.476. The van der Waals surface area contributed by atoms with E-state index in [4.69, 9.17) is 5.11 Å². The van der Waals surface area contributed by atoms with E-state index in [0.717, 1.165) is 4.57 Å². The number of hydrogen-bond donors (Lipinski definition) is 1. The highest BCUT2D eigenvalue weighted by molar-refractivity contribution is 5.68. The van der Waals surface area contributed by atoms with Crippen LogP contribution < -0.4 is 11.2 Å². The maximum Gasteiger partial charge on any atom is 0.332 e. The van der Waals surface area contributed by atoms with Crippen LogP contribution in [0.1, 0.15) is 5.69 Å². The summed E-state index contributed by atoms with van der Waals surface area (Å²) in [5.41, 5.74) is -0.00168. The van der Waals surface area contributed by atoms with Gasteiger partial charge in [-0.1, -0.05) is 0 Å². The van der Waals surface area contributed by atoms with Gasteiger partial charge in [0.2, 0.25) is 0 Å². The van der Waals surface area contributed by atoms with E-state index in [2.05, 4.69) is 9.97 Å².